The molecule has 0 bridgehead atoms. The molecular weight excluding hydrogens is 320 g/mol. The van der Waals surface area contributed by atoms with Gasteiger partial charge in [0, 0.05) is 10.6 Å². The van der Waals surface area contributed by atoms with Crippen LogP contribution in [0.15, 0.2) is 84.9 Å². The van der Waals surface area contributed by atoms with Crippen LogP contribution in [-0.2, 0) is 22.7 Å². The fraction of sp³-hybridized carbons (Fsp3) is 0.143. The van der Waals surface area contributed by atoms with Crippen LogP contribution in [-0.4, -0.2) is 0 Å². The second-order valence-corrected chi connectivity index (χ2v) is 5.91. The minimum Gasteiger partial charge on any atom is -0.344 e. The summed E-state index contributed by atoms with van der Waals surface area (Å²) in [6, 6.07) is 27.7. The number of benzene rings is 3. The first-order valence-corrected chi connectivity index (χ1v) is 8.25. The average molecular weight is 339 g/mol. The van der Waals surface area contributed by atoms with Crippen LogP contribution in [0, 0.1) is 0 Å². The van der Waals surface area contributed by atoms with Crippen LogP contribution >= 0.6 is 11.6 Å². The first-order valence-electron chi connectivity index (χ1n) is 7.88. The van der Waals surface area contributed by atoms with Gasteiger partial charge in [-0.2, -0.15) is 0 Å². The average Bonchev–Trinajstić information content (AvgIpc) is 2.64. The normalized spacial score (nSPS) is 10.9. The molecule has 0 heterocycles. The molecule has 0 aliphatic carbocycles. The zero-order valence-electron chi connectivity index (χ0n) is 13.3. The van der Waals surface area contributed by atoms with Gasteiger partial charge in [0.25, 0.3) is 0 Å². The van der Waals surface area contributed by atoms with Gasteiger partial charge in [0.2, 0.25) is 0 Å². The maximum Gasteiger partial charge on any atom is 0.184 e. The highest BCUT2D eigenvalue weighted by Crippen LogP contribution is 2.24. The number of hydrogen-bond acceptors (Lipinski definition) is 2. The Kier molecular flexibility index (Phi) is 6.02. The quantitative estimate of drug-likeness (QED) is 0.509. The standard InChI is InChI=1S/C21H19ClO2/c22-20-13-11-19(12-14-20)21(23-15-17-7-3-1-4-8-17)24-16-18-9-5-2-6-10-18/h1-14,21H,15-16H2. The van der Waals surface area contributed by atoms with Gasteiger partial charge in [0.1, 0.15) is 0 Å². The van der Waals surface area contributed by atoms with Crippen LogP contribution in [0.3, 0.4) is 0 Å². The van der Waals surface area contributed by atoms with E-state index in [1.807, 2.05) is 84.9 Å². The number of rotatable bonds is 7. The minimum atomic E-state index is -0.442. The highest BCUT2D eigenvalue weighted by Gasteiger charge is 2.13. The van der Waals surface area contributed by atoms with Gasteiger partial charge < -0.3 is 9.47 Å². The fourth-order valence-electron chi connectivity index (χ4n) is 2.35. The zero-order chi connectivity index (χ0) is 16.6. The predicted molar refractivity (Wildman–Crippen MR) is 96.7 cm³/mol. The molecule has 2 nitrogen and oxygen atoms in total. The number of halogens is 1. The van der Waals surface area contributed by atoms with Crippen molar-refractivity contribution in [1.82, 2.24) is 0 Å². The Bertz CT molecular complexity index is 683. The summed E-state index contributed by atoms with van der Waals surface area (Å²) in [5.41, 5.74) is 3.17. The molecular formula is C21H19ClO2. The summed E-state index contributed by atoms with van der Waals surface area (Å²) in [6.07, 6.45) is -0.442. The summed E-state index contributed by atoms with van der Waals surface area (Å²) in [4.78, 5) is 0. The molecule has 3 aromatic rings. The summed E-state index contributed by atoms with van der Waals surface area (Å²) >= 11 is 5.98. The molecule has 122 valence electrons. The fourth-order valence-corrected chi connectivity index (χ4v) is 2.48. The van der Waals surface area contributed by atoms with Crippen molar-refractivity contribution in [3.63, 3.8) is 0 Å². The van der Waals surface area contributed by atoms with Crippen LogP contribution in [0.5, 0.6) is 0 Å². The smallest absolute Gasteiger partial charge is 0.184 e. The lowest BCUT2D eigenvalue weighted by molar-refractivity contribution is -0.161. The molecule has 3 heteroatoms. The highest BCUT2D eigenvalue weighted by molar-refractivity contribution is 6.30. The summed E-state index contributed by atoms with van der Waals surface area (Å²) in [6.45, 7) is 0.978. The van der Waals surface area contributed by atoms with E-state index in [1.54, 1.807) is 0 Å². The van der Waals surface area contributed by atoms with E-state index in [4.69, 9.17) is 21.1 Å². The van der Waals surface area contributed by atoms with E-state index >= 15 is 0 Å². The van der Waals surface area contributed by atoms with Gasteiger partial charge in [-0.05, 0) is 23.3 Å². The molecule has 0 radical (unpaired) electrons. The van der Waals surface area contributed by atoms with E-state index in [9.17, 15) is 0 Å². The number of hydrogen-bond donors (Lipinski definition) is 0. The SMILES string of the molecule is Clc1ccc(C(OCc2ccccc2)OCc2ccccc2)cc1. The molecule has 0 N–H and O–H groups in total. The molecule has 24 heavy (non-hydrogen) atoms. The van der Waals surface area contributed by atoms with E-state index in [2.05, 4.69) is 0 Å². The van der Waals surface area contributed by atoms with Crippen LogP contribution < -0.4 is 0 Å². The lowest BCUT2D eigenvalue weighted by atomic mass is 10.2. The topological polar surface area (TPSA) is 18.5 Å². The first-order chi connectivity index (χ1) is 11.8. The van der Waals surface area contributed by atoms with Gasteiger partial charge in [-0.1, -0.05) is 84.4 Å². The van der Waals surface area contributed by atoms with Gasteiger partial charge in [-0.3, -0.25) is 0 Å². The van der Waals surface area contributed by atoms with Crippen molar-refractivity contribution in [3.05, 3.63) is 107 Å². The number of ether oxygens (including phenoxy) is 2. The van der Waals surface area contributed by atoms with Crippen molar-refractivity contribution in [2.75, 3.05) is 0 Å². The van der Waals surface area contributed by atoms with E-state index in [0.717, 1.165) is 16.7 Å². The minimum absolute atomic E-state index is 0.442. The molecule has 0 atom stereocenters. The molecule has 0 amide bonds. The molecule has 0 aromatic heterocycles. The second kappa shape index (κ2) is 8.65. The van der Waals surface area contributed by atoms with Crippen molar-refractivity contribution < 1.29 is 9.47 Å². The second-order valence-electron chi connectivity index (χ2n) is 5.48. The lowest BCUT2D eigenvalue weighted by Crippen LogP contribution is -2.09. The summed E-state index contributed by atoms with van der Waals surface area (Å²) in [7, 11) is 0. The van der Waals surface area contributed by atoms with Crippen molar-refractivity contribution in [2.45, 2.75) is 19.5 Å². The van der Waals surface area contributed by atoms with Crippen molar-refractivity contribution in [1.29, 1.82) is 0 Å². The molecule has 0 spiro atoms. The Hall–Kier alpha value is -2.13. The Morgan fingerprint density at radius 3 is 1.54 bits per heavy atom. The molecule has 0 unspecified atom stereocenters. The third kappa shape index (κ3) is 4.93. The molecule has 0 fully saturated rings. The van der Waals surface area contributed by atoms with E-state index in [-0.39, 0.29) is 0 Å². The van der Waals surface area contributed by atoms with Gasteiger partial charge >= 0.3 is 0 Å². The van der Waals surface area contributed by atoms with Gasteiger partial charge in [0.15, 0.2) is 6.29 Å². The molecule has 0 aliphatic heterocycles. The monoisotopic (exact) mass is 338 g/mol. The van der Waals surface area contributed by atoms with Gasteiger partial charge in [-0.25, -0.2) is 0 Å². The van der Waals surface area contributed by atoms with Crippen LogP contribution in [0.25, 0.3) is 0 Å². The molecule has 0 saturated heterocycles. The Balaban J connectivity index is 1.69. The Labute approximate surface area is 147 Å². The van der Waals surface area contributed by atoms with Crippen molar-refractivity contribution in [3.8, 4) is 0 Å². The maximum atomic E-state index is 6.01. The lowest BCUT2D eigenvalue weighted by Gasteiger charge is -2.19. The van der Waals surface area contributed by atoms with Crippen LogP contribution in [0.1, 0.15) is 23.0 Å². The zero-order valence-corrected chi connectivity index (χ0v) is 14.0. The van der Waals surface area contributed by atoms with Gasteiger partial charge in [-0.15, -0.1) is 0 Å². The van der Waals surface area contributed by atoms with Crippen LogP contribution in [0.4, 0.5) is 0 Å². The Morgan fingerprint density at radius 2 is 1.08 bits per heavy atom. The predicted octanol–water partition coefficient (Wildman–Crippen LogP) is 5.77. The van der Waals surface area contributed by atoms with Crippen molar-refractivity contribution >= 4 is 11.6 Å². The molecule has 0 saturated carbocycles. The molecule has 3 aromatic carbocycles. The Morgan fingerprint density at radius 1 is 0.625 bits per heavy atom. The highest BCUT2D eigenvalue weighted by atomic mass is 35.5. The van der Waals surface area contributed by atoms with Crippen LogP contribution in [0.2, 0.25) is 5.02 Å². The largest absolute Gasteiger partial charge is 0.344 e. The van der Waals surface area contributed by atoms with E-state index < -0.39 is 6.29 Å². The third-order valence-corrected chi connectivity index (χ3v) is 3.88. The third-order valence-electron chi connectivity index (χ3n) is 3.63. The first kappa shape index (κ1) is 16.7. The van der Waals surface area contributed by atoms with E-state index in [0.29, 0.717) is 18.2 Å². The van der Waals surface area contributed by atoms with Crippen molar-refractivity contribution in [2.24, 2.45) is 0 Å². The summed E-state index contributed by atoms with van der Waals surface area (Å²) in [5, 5.41) is 0.698. The van der Waals surface area contributed by atoms with E-state index in [1.165, 1.54) is 0 Å². The molecule has 0 aliphatic rings. The summed E-state index contributed by atoms with van der Waals surface area (Å²) in [5.74, 6) is 0. The molecule has 3 rings (SSSR count). The maximum absolute atomic E-state index is 6.01. The summed E-state index contributed by atoms with van der Waals surface area (Å²) < 4.78 is 12.0. The van der Waals surface area contributed by atoms with Gasteiger partial charge in [0.05, 0.1) is 13.2 Å².